The number of non-ortho nitro benzene ring substituents is 1. The van der Waals surface area contributed by atoms with Crippen LogP contribution in [0, 0.1) is 17.0 Å². The molecule has 0 unspecified atom stereocenters. The van der Waals surface area contributed by atoms with Crippen LogP contribution in [0.4, 0.5) is 16.2 Å². The fourth-order valence-electron chi connectivity index (χ4n) is 4.27. The molecule has 0 fully saturated rings. The van der Waals surface area contributed by atoms with Crippen LogP contribution in [-0.4, -0.2) is 38.4 Å². The van der Waals surface area contributed by atoms with E-state index >= 15 is 0 Å². The number of aromatic hydroxyl groups is 1. The number of hydrogen-bond donors (Lipinski definition) is 2. The third-order valence-electron chi connectivity index (χ3n) is 6.46. The van der Waals surface area contributed by atoms with Crippen LogP contribution in [0.25, 0.3) is 10.8 Å². The van der Waals surface area contributed by atoms with E-state index in [1.165, 1.54) is 24.3 Å². The SMILES string of the molecule is CSC(=O)N(Cc1cc([N+](=O)[O-])ccc1Oc1cc(C(=O)Nc2ccccc2C)c(O)c2ccccc12)C(C)C. The number of nitrogens with zero attached hydrogens (tertiary/aromatic N) is 2. The Labute approximate surface area is 235 Å². The molecule has 0 heterocycles. The topological polar surface area (TPSA) is 122 Å². The van der Waals surface area contributed by atoms with Crippen LogP contribution in [0.3, 0.4) is 0 Å². The molecule has 0 radical (unpaired) electrons. The van der Waals surface area contributed by atoms with Crippen molar-refractivity contribution in [2.45, 2.75) is 33.4 Å². The molecular weight excluding hydrogens is 530 g/mol. The molecule has 206 valence electrons. The maximum atomic E-state index is 13.3. The summed E-state index contributed by atoms with van der Waals surface area (Å²) in [6.45, 7) is 5.66. The average Bonchev–Trinajstić information content (AvgIpc) is 2.94. The molecule has 0 bridgehead atoms. The lowest BCUT2D eigenvalue weighted by molar-refractivity contribution is -0.384. The highest BCUT2D eigenvalue weighted by Gasteiger charge is 2.23. The summed E-state index contributed by atoms with van der Waals surface area (Å²) in [6, 6.07) is 19.7. The number of carbonyl (C=O) groups is 2. The number of phenols is 1. The van der Waals surface area contributed by atoms with Crippen molar-refractivity contribution >= 4 is 45.1 Å². The molecule has 4 rings (SSSR count). The Balaban J connectivity index is 1.81. The Kier molecular flexibility index (Phi) is 8.59. The molecule has 4 aromatic rings. The number of anilines is 1. The van der Waals surface area contributed by atoms with Gasteiger partial charge in [-0.05, 0) is 50.8 Å². The molecule has 9 nitrogen and oxygen atoms in total. The van der Waals surface area contributed by atoms with Gasteiger partial charge in [0, 0.05) is 40.2 Å². The molecule has 10 heteroatoms. The molecule has 0 spiro atoms. The van der Waals surface area contributed by atoms with Gasteiger partial charge in [-0.25, -0.2) is 0 Å². The Morgan fingerprint density at radius 2 is 1.70 bits per heavy atom. The summed E-state index contributed by atoms with van der Waals surface area (Å²) in [5.41, 5.74) is 1.75. The van der Waals surface area contributed by atoms with Crippen molar-refractivity contribution in [3.63, 3.8) is 0 Å². The number of hydrogen-bond acceptors (Lipinski definition) is 7. The number of nitro benzene ring substituents is 1. The molecule has 0 aliphatic carbocycles. The third kappa shape index (κ3) is 6.02. The predicted molar refractivity (Wildman–Crippen MR) is 158 cm³/mol. The molecule has 2 N–H and O–H groups in total. The maximum absolute atomic E-state index is 13.3. The Morgan fingerprint density at radius 1 is 1.02 bits per heavy atom. The van der Waals surface area contributed by atoms with Gasteiger partial charge < -0.3 is 20.1 Å². The molecular formula is C30H29N3O6S. The molecule has 0 aliphatic rings. The van der Waals surface area contributed by atoms with Crippen LogP contribution < -0.4 is 10.1 Å². The lowest BCUT2D eigenvalue weighted by Gasteiger charge is -2.26. The van der Waals surface area contributed by atoms with E-state index in [0.29, 0.717) is 22.0 Å². The summed E-state index contributed by atoms with van der Waals surface area (Å²) in [5.74, 6) is -0.172. The smallest absolute Gasteiger partial charge is 0.281 e. The second-order valence-electron chi connectivity index (χ2n) is 9.43. The van der Waals surface area contributed by atoms with Gasteiger partial charge in [-0.2, -0.15) is 0 Å². The first-order chi connectivity index (χ1) is 19.1. The number of carbonyl (C=O) groups excluding carboxylic acids is 2. The first kappa shape index (κ1) is 28.4. The number of nitrogens with one attached hydrogen (secondary N) is 1. The molecule has 0 aliphatic heterocycles. The van der Waals surface area contributed by atoms with Crippen molar-refractivity contribution in [2.75, 3.05) is 11.6 Å². The third-order valence-corrected chi connectivity index (χ3v) is 7.05. The van der Waals surface area contributed by atoms with Crippen molar-refractivity contribution < 1.29 is 24.4 Å². The zero-order valence-corrected chi connectivity index (χ0v) is 23.3. The van der Waals surface area contributed by atoms with Crippen molar-refractivity contribution in [1.82, 2.24) is 4.90 Å². The minimum absolute atomic E-state index is 0.00165. The van der Waals surface area contributed by atoms with Crippen LogP contribution in [-0.2, 0) is 6.54 Å². The summed E-state index contributed by atoms with van der Waals surface area (Å²) in [5, 5.41) is 26.2. The van der Waals surface area contributed by atoms with Gasteiger partial charge in [0.1, 0.15) is 17.2 Å². The quantitative estimate of drug-likeness (QED) is 0.169. The van der Waals surface area contributed by atoms with Crippen LogP contribution in [0.15, 0.2) is 72.8 Å². The minimum atomic E-state index is -0.525. The van der Waals surface area contributed by atoms with Crippen LogP contribution in [0.2, 0.25) is 0 Å². The fraction of sp³-hybridized carbons (Fsp3) is 0.200. The van der Waals surface area contributed by atoms with Gasteiger partial charge in [0.25, 0.3) is 16.8 Å². The number of ether oxygens (including phenoxy) is 1. The minimum Gasteiger partial charge on any atom is -0.506 e. The lowest BCUT2D eigenvalue weighted by atomic mass is 10.0. The molecule has 0 atom stereocenters. The summed E-state index contributed by atoms with van der Waals surface area (Å²) < 4.78 is 6.31. The summed E-state index contributed by atoms with van der Waals surface area (Å²) in [6.07, 6.45) is 1.68. The molecule has 4 aromatic carbocycles. The number of para-hydroxylation sites is 1. The number of amides is 2. The largest absolute Gasteiger partial charge is 0.506 e. The number of phenolic OH excluding ortho intramolecular Hbond substituents is 1. The van der Waals surface area contributed by atoms with Gasteiger partial charge in [-0.15, -0.1) is 0 Å². The number of aryl methyl sites for hydroxylation is 1. The second kappa shape index (κ2) is 12.1. The summed E-state index contributed by atoms with van der Waals surface area (Å²) in [7, 11) is 0. The number of thioether (sulfide) groups is 1. The summed E-state index contributed by atoms with van der Waals surface area (Å²) in [4.78, 5) is 38.5. The van der Waals surface area contributed by atoms with Gasteiger partial charge >= 0.3 is 0 Å². The van der Waals surface area contributed by atoms with Crippen LogP contribution >= 0.6 is 11.8 Å². The van der Waals surface area contributed by atoms with E-state index in [2.05, 4.69) is 5.32 Å². The number of fused-ring (bicyclic) bond motifs is 1. The van der Waals surface area contributed by atoms with Gasteiger partial charge in [0.05, 0.1) is 17.0 Å². The molecule has 40 heavy (non-hydrogen) atoms. The maximum Gasteiger partial charge on any atom is 0.281 e. The normalized spacial score (nSPS) is 10.9. The van der Waals surface area contributed by atoms with Gasteiger partial charge in [0.15, 0.2) is 0 Å². The van der Waals surface area contributed by atoms with Gasteiger partial charge in [0.2, 0.25) is 0 Å². The zero-order valence-electron chi connectivity index (χ0n) is 22.5. The Hall–Kier alpha value is -4.57. The average molecular weight is 560 g/mol. The Morgan fingerprint density at radius 3 is 2.35 bits per heavy atom. The van der Waals surface area contributed by atoms with E-state index < -0.39 is 10.8 Å². The standard InChI is InChI=1S/C30H29N3O6S/c1-18(2)32(30(36)40-4)17-20-15-21(33(37)38)13-14-26(20)39-27-16-24(28(34)23-11-7-6-10-22(23)27)29(35)31-25-12-8-5-9-19(25)3/h5-16,18,34H,17H2,1-4H3,(H,31,35). The highest BCUT2D eigenvalue weighted by atomic mass is 32.2. The monoisotopic (exact) mass is 559 g/mol. The number of rotatable bonds is 8. The first-order valence-electron chi connectivity index (χ1n) is 12.5. The van der Waals surface area contributed by atoms with Gasteiger partial charge in [-0.3, -0.25) is 19.7 Å². The van der Waals surface area contributed by atoms with Crippen molar-refractivity contribution in [3.05, 3.63) is 99.6 Å². The van der Waals surface area contributed by atoms with E-state index in [0.717, 1.165) is 17.3 Å². The van der Waals surface area contributed by atoms with Crippen LogP contribution in [0.5, 0.6) is 17.2 Å². The highest BCUT2D eigenvalue weighted by molar-refractivity contribution is 8.12. The molecule has 0 saturated carbocycles. The summed E-state index contributed by atoms with van der Waals surface area (Å²) >= 11 is 1.05. The molecule has 2 amide bonds. The zero-order chi connectivity index (χ0) is 29.0. The Bertz CT molecular complexity index is 1600. The lowest BCUT2D eigenvalue weighted by Crippen LogP contribution is -2.33. The molecule has 0 saturated heterocycles. The van der Waals surface area contributed by atoms with Crippen LogP contribution in [0.1, 0.15) is 35.3 Å². The van der Waals surface area contributed by atoms with Crippen molar-refractivity contribution in [3.8, 4) is 17.2 Å². The van der Waals surface area contributed by atoms with E-state index in [1.807, 2.05) is 32.9 Å². The highest BCUT2D eigenvalue weighted by Crippen LogP contribution is 2.40. The van der Waals surface area contributed by atoms with E-state index in [1.54, 1.807) is 47.6 Å². The fourth-order valence-corrected chi connectivity index (χ4v) is 4.78. The first-order valence-corrected chi connectivity index (χ1v) is 13.7. The van der Waals surface area contributed by atoms with Crippen molar-refractivity contribution in [1.29, 1.82) is 0 Å². The van der Waals surface area contributed by atoms with Gasteiger partial charge in [-0.1, -0.05) is 54.2 Å². The molecule has 0 aromatic heterocycles. The van der Waals surface area contributed by atoms with Crippen molar-refractivity contribution in [2.24, 2.45) is 0 Å². The van der Waals surface area contributed by atoms with E-state index in [-0.39, 0.29) is 46.3 Å². The second-order valence-corrected chi connectivity index (χ2v) is 10.2. The number of benzene rings is 4. The predicted octanol–water partition coefficient (Wildman–Crippen LogP) is 7.50. The number of nitro groups is 1. The van der Waals surface area contributed by atoms with E-state index in [4.69, 9.17) is 4.74 Å². The van der Waals surface area contributed by atoms with E-state index in [9.17, 15) is 24.8 Å².